The van der Waals surface area contributed by atoms with Crippen LogP contribution < -0.4 is 0 Å². The maximum absolute atomic E-state index is 3.80. The lowest BCUT2D eigenvalue weighted by Crippen LogP contribution is -2.30. The van der Waals surface area contributed by atoms with Crippen LogP contribution in [0.3, 0.4) is 0 Å². The number of allylic oxidation sites excluding steroid dienone is 1. The molecule has 0 heterocycles. The van der Waals surface area contributed by atoms with E-state index in [1.54, 1.807) is 0 Å². The second kappa shape index (κ2) is 12.3. The summed E-state index contributed by atoms with van der Waals surface area (Å²) in [5.74, 6) is 10.5. The molecule has 0 aliphatic heterocycles. The lowest BCUT2D eigenvalue weighted by Gasteiger charge is -2.42. The van der Waals surface area contributed by atoms with Crippen LogP contribution in [0, 0.1) is 29.6 Å². The molecule has 33 heavy (non-hydrogen) atoms. The molecule has 1 unspecified atom stereocenters. The zero-order valence-electron chi connectivity index (χ0n) is 20.7. The van der Waals surface area contributed by atoms with E-state index in [1.807, 2.05) is 6.08 Å². The Balaban J connectivity index is 1.29. The monoisotopic (exact) mass is 438 g/mol. The van der Waals surface area contributed by atoms with Gasteiger partial charge in [-0.2, -0.15) is 0 Å². The summed E-state index contributed by atoms with van der Waals surface area (Å²) in [4.78, 5) is 0. The zero-order valence-corrected chi connectivity index (χ0v) is 20.7. The first kappa shape index (κ1) is 23.9. The maximum Gasteiger partial charge on any atom is 0.0249 e. The van der Waals surface area contributed by atoms with Crippen molar-refractivity contribution in [2.45, 2.75) is 89.9 Å². The molecule has 0 amide bonds. The lowest BCUT2D eigenvalue weighted by atomic mass is 9.63. The minimum absolute atomic E-state index is 0.757. The van der Waals surface area contributed by atoms with E-state index >= 15 is 0 Å². The first-order valence-corrected chi connectivity index (χ1v) is 13.6. The van der Waals surface area contributed by atoms with E-state index in [4.69, 9.17) is 0 Å². The Hall–Kier alpha value is -2.26. The van der Waals surface area contributed by atoms with E-state index in [-0.39, 0.29) is 0 Å². The molecule has 2 fully saturated rings. The molecule has 4 atom stereocenters. The molecule has 2 saturated carbocycles. The first-order chi connectivity index (χ1) is 16.2. The molecular formula is C33H42. The maximum atomic E-state index is 3.80. The highest BCUT2D eigenvalue weighted by Crippen LogP contribution is 2.48. The number of rotatable bonds is 8. The van der Waals surface area contributed by atoms with Crippen LogP contribution in [-0.2, 0) is 6.42 Å². The highest BCUT2D eigenvalue weighted by atomic mass is 14.4. The lowest BCUT2D eigenvalue weighted by molar-refractivity contribution is 0.113. The Labute approximate surface area is 202 Å². The minimum Gasteiger partial charge on any atom is -0.103 e. The number of hydrogen-bond donors (Lipinski definition) is 0. The van der Waals surface area contributed by atoms with Crippen LogP contribution in [0.5, 0.6) is 0 Å². The van der Waals surface area contributed by atoms with Gasteiger partial charge < -0.3 is 0 Å². The second-order valence-corrected chi connectivity index (χ2v) is 10.6. The highest BCUT2D eigenvalue weighted by Gasteiger charge is 2.35. The number of aryl methyl sites for hydroxylation is 1. The zero-order chi connectivity index (χ0) is 22.9. The summed E-state index contributed by atoms with van der Waals surface area (Å²) < 4.78 is 0. The van der Waals surface area contributed by atoms with Crippen molar-refractivity contribution in [1.82, 2.24) is 0 Å². The van der Waals surface area contributed by atoms with Gasteiger partial charge >= 0.3 is 0 Å². The largest absolute Gasteiger partial charge is 0.103 e. The van der Waals surface area contributed by atoms with E-state index in [2.05, 4.69) is 73.9 Å². The van der Waals surface area contributed by atoms with Crippen molar-refractivity contribution in [2.75, 3.05) is 0 Å². The third kappa shape index (κ3) is 6.86. The first-order valence-electron chi connectivity index (χ1n) is 13.6. The fourth-order valence-corrected chi connectivity index (χ4v) is 6.24. The molecule has 0 N–H and O–H groups in total. The average Bonchev–Trinajstić information content (AvgIpc) is 2.87. The van der Waals surface area contributed by atoms with Gasteiger partial charge in [0.2, 0.25) is 0 Å². The Kier molecular flexibility index (Phi) is 8.88. The standard InChI is InChI=1S/C33H42/c1-3-5-7-9-29-18-21-33-25-32(23-22-31(33)24-29)30-19-16-28(17-20-30)15-14-27-12-10-26(11-13-27)8-6-4-2/h4,10-13,16-17,19-20,29,31-33H,2-3,5-9,18,21-25H2,1H3/t29?,31-,32-,33-/m1/s1. The topological polar surface area (TPSA) is 0 Å². The second-order valence-electron chi connectivity index (χ2n) is 10.6. The summed E-state index contributed by atoms with van der Waals surface area (Å²) in [6.07, 6.45) is 18.5. The van der Waals surface area contributed by atoms with Crippen LogP contribution in [0.15, 0.2) is 61.2 Å². The molecule has 0 heteroatoms. The van der Waals surface area contributed by atoms with Crippen molar-refractivity contribution in [2.24, 2.45) is 17.8 Å². The molecule has 0 spiro atoms. The van der Waals surface area contributed by atoms with Crippen molar-refractivity contribution in [1.29, 1.82) is 0 Å². The van der Waals surface area contributed by atoms with Crippen LogP contribution >= 0.6 is 0 Å². The van der Waals surface area contributed by atoms with Gasteiger partial charge in [0.1, 0.15) is 0 Å². The van der Waals surface area contributed by atoms with Crippen LogP contribution in [-0.4, -0.2) is 0 Å². The molecule has 2 aromatic rings. The molecule has 0 aromatic heterocycles. The van der Waals surface area contributed by atoms with Gasteiger partial charge in [-0.25, -0.2) is 0 Å². The van der Waals surface area contributed by atoms with Crippen molar-refractivity contribution < 1.29 is 0 Å². The van der Waals surface area contributed by atoms with Gasteiger partial charge in [-0.3, -0.25) is 0 Å². The Morgan fingerprint density at radius 2 is 1.48 bits per heavy atom. The minimum atomic E-state index is 0.757. The quantitative estimate of drug-likeness (QED) is 0.219. The summed E-state index contributed by atoms with van der Waals surface area (Å²) in [5, 5.41) is 0. The van der Waals surface area contributed by atoms with Gasteiger partial charge in [-0.05, 0) is 104 Å². The van der Waals surface area contributed by atoms with E-state index in [9.17, 15) is 0 Å². The molecule has 0 saturated heterocycles. The molecule has 0 nitrogen and oxygen atoms in total. The molecule has 4 rings (SSSR count). The van der Waals surface area contributed by atoms with Crippen LogP contribution in [0.1, 0.15) is 106 Å². The molecule has 2 aliphatic rings. The summed E-state index contributed by atoms with van der Waals surface area (Å²) in [6, 6.07) is 17.8. The van der Waals surface area contributed by atoms with Crippen molar-refractivity contribution in [3.8, 4) is 11.8 Å². The smallest absolute Gasteiger partial charge is 0.0249 e. The summed E-state index contributed by atoms with van der Waals surface area (Å²) >= 11 is 0. The van der Waals surface area contributed by atoms with Gasteiger partial charge in [-0.15, -0.1) is 6.58 Å². The summed E-state index contributed by atoms with van der Waals surface area (Å²) in [7, 11) is 0. The molecule has 174 valence electrons. The van der Waals surface area contributed by atoms with Crippen LogP contribution in [0.25, 0.3) is 0 Å². The Morgan fingerprint density at radius 1 is 0.818 bits per heavy atom. The van der Waals surface area contributed by atoms with E-state index < -0.39 is 0 Å². The van der Waals surface area contributed by atoms with E-state index in [0.717, 1.165) is 47.6 Å². The van der Waals surface area contributed by atoms with Gasteiger partial charge in [0.25, 0.3) is 0 Å². The Bertz CT molecular complexity index is 921. The third-order valence-corrected chi connectivity index (χ3v) is 8.26. The van der Waals surface area contributed by atoms with Gasteiger partial charge in [0.15, 0.2) is 0 Å². The van der Waals surface area contributed by atoms with Gasteiger partial charge in [-0.1, -0.05) is 81.2 Å². The normalized spacial score (nSPS) is 24.4. The number of fused-ring (bicyclic) bond motifs is 1. The van der Waals surface area contributed by atoms with Gasteiger partial charge in [0, 0.05) is 11.1 Å². The fourth-order valence-electron chi connectivity index (χ4n) is 6.24. The number of benzene rings is 2. The van der Waals surface area contributed by atoms with Crippen LogP contribution in [0.2, 0.25) is 0 Å². The predicted molar refractivity (Wildman–Crippen MR) is 142 cm³/mol. The molecule has 0 radical (unpaired) electrons. The predicted octanol–water partition coefficient (Wildman–Crippen LogP) is 9.09. The third-order valence-electron chi connectivity index (χ3n) is 8.26. The Morgan fingerprint density at radius 3 is 2.18 bits per heavy atom. The number of hydrogen-bond acceptors (Lipinski definition) is 0. The fraction of sp³-hybridized carbons (Fsp3) is 0.515. The van der Waals surface area contributed by atoms with Crippen molar-refractivity contribution in [3.63, 3.8) is 0 Å². The molecule has 0 bridgehead atoms. The van der Waals surface area contributed by atoms with Crippen molar-refractivity contribution >= 4 is 0 Å². The molecule has 2 aromatic carbocycles. The number of unbranched alkanes of at least 4 members (excludes halogenated alkanes) is 2. The molecular weight excluding hydrogens is 396 g/mol. The van der Waals surface area contributed by atoms with Crippen molar-refractivity contribution in [3.05, 3.63) is 83.4 Å². The summed E-state index contributed by atoms with van der Waals surface area (Å²) in [6.45, 7) is 6.12. The van der Waals surface area contributed by atoms with Crippen LogP contribution in [0.4, 0.5) is 0 Å². The highest BCUT2D eigenvalue weighted by molar-refractivity contribution is 5.44. The van der Waals surface area contributed by atoms with Gasteiger partial charge in [0.05, 0.1) is 0 Å². The average molecular weight is 439 g/mol. The SMILES string of the molecule is C=CCCc1ccc(C#Cc2ccc([C@@H]3CC[C@@H]4CC(CCCCC)CC[C@@H]4C3)cc2)cc1. The molecule has 2 aliphatic carbocycles. The summed E-state index contributed by atoms with van der Waals surface area (Å²) in [5.41, 5.74) is 5.10. The van der Waals surface area contributed by atoms with E-state index in [0.29, 0.717) is 0 Å². The van der Waals surface area contributed by atoms with E-state index in [1.165, 1.54) is 75.3 Å².